The zero-order valence-electron chi connectivity index (χ0n) is 12.9. The highest BCUT2D eigenvalue weighted by Gasteiger charge is 2.13. The second kappa shape index (κ2) is 9.00. The first-order valence-corrected chi connectivity index (χ1v) is 7.22. The molecule has 0 spiro atoms. The number of rotatable bonds is 8. The summed E-state index contributed by atoms with van der Waals surface area (Å²) in [5.41, 5.74) is 0.574. The molecule has 1 amide bonds. The van der Waals surface area contributed by atoms with Gasteiger partial charge in [0.2, 0.25) is 0 Å². The van der Waals surface area contributed by atoms with Crippen LogP contribution in [0.3, 0.4) is 0 Å². The zero-order valence-corrected chi connectivity index (χ0v) is 12.9. The second-order valence-electron chi connectivity index (χ2n) is 4.65. The number of ether oxygens (including phenoxy) is 2. The van der Waals surface area contributed by atoms with E-state index in [2.05, 4.69) is 0 Å². The minimum Gasteiger partial charge on any atom is -0.494 e. The van der Waals surface area contributed by atoms with E-state index >= 15 is 0 Å². The number of benzene rings is 1. The summed E-state index contributed by atoms with van der Waals surface area (Å²) in [6.07, 6.45) is 1.14. The van der Waals surface area contributed by atoms with E-state index in [-0.39, 0.29) is 18.3 Å². The van der Waals surface area contributed by atoms with Crippen LogP contribution in [0.15, 0.2) is 24.3 Å². The Hall–Kier alpha value is -2.04. The zero-order chi connectivity index (χ0) is 15.7. The summed E-state index contributed by atoms with van der Waals surface area (Å²) in [5, 5.41) is 0. The molecule has 0 aliphatic rings. The van der Waals surface area contributed by atoms with Crippen LogP contribution in [0.25, 0.3) is 0 Å². The lowest BCUT2D eigenvalue weighted by Gasteiger charge is -2.17. The van der Waals surface area contributed by atoms with Gasteiger partial charge in [0.25, 0.3) is 5.91 Å². The minimum atomic E-state index is -0.291. The van der Waals surface area contributed by atoms with Crippen LogP contribution in [0.4, 0.5) is 0 Å². The molecule has 5 heteroatoms. The van der Waals surface area contributed by atoms with Gasteiger partial charge in [-0.1, -0.05) is 6.92 Å². The average Bonchev–Trinajstić information content (AvgIpc) is 2.50. The molecule has 21 heavy (non-hydrogen) atoms. The third kappa shape index (κ3) is 5.85. The normalized spacial score (nSPS) is 10.0. The predicted molar refractivity (Wildman–Crippen MR) is 80.4 cm³/mol. The van der Waals surface area contributed by atoms with E-state index in [1.54, 1.807) is 38.2 Å². The molecule has 1 aromatic carbocycles. The smallest absolute Gasteiger partial charge is 0.307 e. The molecule has 5 nitrogen and oxygen atoms in total. The lowest BCUT2D eigenvalue weighted by Crippen LogP contribution is -2.29. The molecule has 0 radical (unpaired) electrons. The first-order chi connectivity index (χ1) is 10.1. The standard InChI is InChI=1S/C16H23NO4/c1-4-12-21-14-8-6-13(7-9-14)16(19)17(3)11-10-15(18)20-5-2/h6-9H,4-5,10-12H2,1-3H3. The fourth-order valence-electron chi connectivity index (χ4n) is 1.73. The Morgan fingerprint density at radius 2 is 1.81 bits per heavy atom. The molecule has 0 aliphatic heterocycles. The van der Waals surface area contributed by atoms with Gasteiger partial charge < -0.3 is 14.4 Å². The van der Waals surface area contributed by atoms with Crippen molar-refractivity contribution in [1.29, 1.82) is 0 Å². The molecule has 0 aliphatic carbocycles. The third-order valence-electron chi connectivity index (χ3n) is 2.88. The van der Waals surface area contributed by atoms with E-state index in [1.807, 2.05) is 6.92 Å². The summed E-state index contributed by atoms with van der Waals surface area (Å²) in [7, 11) is 1.67. The lowest BCUT2D eigenvalue weighted by atomic mass is 10.2. The van der Waals surface area contributed by atoms with Crippen LogP contribution >= 0.6 is 0 Å². The van der Waals surface area contributed by atoms with Crippen molar-refractivity contribution in [3.8, 4) is 5.75 Å². The molecule has 0 saturated heterocycles. The van der Waals surface area contributed by atoms with E-state index in [9.17, 15) is 9.59 Å². The Kier molecular flexibility index (Phi) is 7.29. The van der Waals surface area contributed by atoms with Gasteiger partial charge in [0.05, 0.1) is 19.6 Å². The number of esters is 1. The van der Waals surface area contributed by atoms with Crippen LogP contribution in [0.1, 0.15) is 37.0 Å². The van der Waals surface area contributed by atoms with Gasteiger partial charge in [0.1, 0.15) is 5.75 Å². The summed E-state index contributed by atoms with van der Waals surface area (Å²) in [4.78, 5) is 25.0. The fraction of sp³-hybridized carbons (Fsp3) is 0.500. The van der Waals surface area contributed by atoms with Crippen LogP contribution in [0, 0.1) is 0 Å². The molecule has 0 heterocycles. The number of carbonyl (C=O) groups excluding carboxylic acids is 2. The molecular formula is C16H23NO4. The molecule has 0 unspecified atom stereocenters. The highest BCUT2D eigenvalue weighted by atomic mass is 16.5. The Morgan fingerprint density at radius 1 is 1.14 bits per heavy atom. The second-order valence-corrected chi connectivity index (χ2v) is 4.65. The van der Waals surface area contributed by atoms with Crippen LogP contribution in [0.2, 0.25) is 0 Å². The monoisotopic (exact) mass is 293 g/mol. The average molecular weight is 293 g/mol. The highest BCUT2D eigenvalue weighted by Crippen LogP contribution is 2.13. The highest BCUT2D eigenvalue weighted by molar-refractivity contribution is 5.94. The molecule has 1 aromatic rings. The number of carbonyl (C=O) groups is 2. The van der Waals surface area contributed by atoms with Gasteiger partial charge in [-0.15, -0.1) is 0 Å². The van der Waals surface area contributed by atoms with Crippen LogP contribution in [-0.4, -0.2) is 43.6 Å². The molecule has 116 valence electrons. The van der Waals surface area contributed by atoms with Crippen molar-refractivity contribution in [2.75, 3.05) is 26.8 Å². The van der Waals surface area contributed by atoms with Gasteiger partial charge in [-0.05, 0) is 37.6 Å². The molecule has 0 fully saturated rings. The molecule has 0 bridgehead atoms. The summed E-state index contributed by atoms with van der Waals surface area (Å²) in [5.74, 6) is 0.337. The summed E-state index contributed by atoms with van der Waals surface area (Å²) >= 11 is 0. The molecule has 0 saturated carbocycles. The van der Waals surface area contributed by atoms with Crippen molar-refractivity contribution >= 4 is 11.9 Å². The third-order valence-corrected chi connectivity index (χ3v) is 2.88. The summed E-state index contributed by atoms with van der Waals surface area (Å²) in [6, 6.07) is 7.02. The van der Waals surface area contributed by atoms with Gasteiger partial charge in [-0.25, -0.2) is 0 Å². The fourth-order valence-corrected chi connectivity index (χ4v) is 1.73. The first kappa shape index (κ1) is 17.0. The van der Waals surface area contributed by atoms with Crippen molar-refractivity contribution in [3.63, 3.8) is 0 Å². The Morgan fingerprint density at radius 3 is 2.38 bits per heavy atom. The van der Waals surface area contributed by atoms with Crippen molar-refractivity contribution in [2.24, 2.45) is 0 Å². The maximum Gasteiger partial charge on any atom is 0.307 e. The lowest BCUT2D eigenvalue weighted by molar-refractivity contribution is -0.143. The van der Waals surface area contributed by atoms with Gasteiger partial charge >= 0.3 is 5.97 Å². The Labute approximate surface area is 125 Å². The first-order valence-electron chi connectivity index (χ1n) is 7.22. The molecule has 1 rings (SSSR count). The van der Waals surface area contributed by atoms with Gasteiger partial charge in [0.15, 0.2) is 0 Å². The van der Waals surface area contributed by atoms with Gasteiger partial charge in [-0.3, -0.25) is 9.59 Å². The molecular weight excluding hydrogens is 270 g/mol. The number of nitrogens with zero attached hydrogens (tertiary/aromatic N) is 1. The van der Waals surface area contributed by atoms with Crippen LogP contribution < -0.4 is 4.74 Å². The topological polar surface area (TPSA) is 55.8 Å². The van der Waals surface area contributed by atoms with Crippen molar-refractivity contribution in [1.82, 2.24) is 4.90 Å². The predicted octanol–water partition coefficient (Wildman–Crippen LogP) is 2.50. The Bertz CT molecular complexity index is 456. The van der Waals surface area contributed by atoms with E-state index in [0.717, 1.165) is 12.2 Å². The SMILES string of the molecule is CCCOc1ccc(C(=O)N(C)CCC(=O)OCC)cc1. The van der Waals surface area contributed by atoms with E-state index in [4.69, 9.17) is 9.47 Å². The largest absolute Gasteiger partial charge is 0.494 e. The van der Waals surface area contributed by atoms with Gasteiger partial charge in [-0.2, -0.15) is 0 Å². The molecule has 0 N–H and O–H groups in total. The summed E-state index contributed by atoms with van der Waals surface area (Å²) in [6.45, 7) is 5.15. The van der Waals surface area contributed by atoms with E-state index in [1.165, 1.54) is 4.90 Å². The molecule has 0 aromatic heterocycles. The molecule has 0 atom stereocenters. The van der Waals surface area contributed by atoms with Crippen LogP contribution in [0.5, 0.6) is 5.75 Å². The van der Waals surface area contributed by atoms with Gasteiger partial charge in [0, 0.05) is 19.2 Å². The quantitative estimate of drug-likeness (QED) is 0.691. The maximum atomic E-state index is 12.2. The Balaban J connectivity index is 2.51. The summed E-state index contributed by atoms with van der Waals surface area (Å²) < 4.78 is 10.3. The number of hydrogen-bond donors (Lipinski definition) is 0. The van der Waals surface area contributed by atoms with Crippen molar-refractivity contribution in [3.05, 3.63) is 29.8 Å². The van der Waals surface area contributed by atoms with Crippen molar-refractivity contribution in [2.45, 2.75) is 26.7 Å². The minimum absolute atomic E-state index is 0.124. The van der Waals surface area contributed by atoms with E-state index < -0.39 is 0 Å². The number of amides is 1. The van der Waals surface area contributed by atoms with Crippen LogP contribution in [-0.2, 0) is 9.53 Å². The maximum absolute atomic E-state index is 12.2. The van der Waals surface area contributed by atoms with E-state index in [0.29, 0.717) is 25.3 Å². The number of hydrogen-bond acceptors (Lipinski definition) is 4. The van der Waals surface area contributed by atoms with Crippen molar-refractivity contribution < 1.29 is 19.1 Å².